The van der Waals surface area contributed by atoms with Crippen LogP contribution in [0.1, 0.15) is 28.5 Å². The third-order valence-corrected chi connectivity index (χ3v) is 7.58. The molecule has 0 unspecified atom stereocenters. The average Bonchev–Trinajstić information content (AvgIpc) is 3.08. The van der Waals surface area contributed by atoms with E-state index in [2.05, 4.69) is 27.1 Å². The lowest BCUT2D eigenvalue weighted by Gasteiger charge is -2.30. The second-order valence-electron chi connectivity index (χ2n) is 10.3. The summed E-state index contributed by atoms with van der Waals surface area (Å²) in [5.74, 6) is 6.57. The van der Waals surface area contributed by atoms with E-state index in [1.807, 2.05) is 18.2 Å². The molecular weight excluding hydrogens is 586 g/mol. The van der Waals surface area contributed by atoms with Crippen LogP contribution < -0.4 is 25.1 Å². The topological polar surface area (TPSA) is 125 Å². The average molecular weight is 616 g/mol. The molecule has 4 heterocycles. The minimum Gasteiger partial charge on any atom is -0.493 e. The third kappa shape index (κ3) is 5.84. The number of para-hydroxylation sites is 1. The van der Waals surface area contributed by atoms with E-state index in [1.165, 1.54) is 10.8 Å². The molecule has 11 heteroatoms. The number of amides is 2. The van der Waals surface area contributed by atoms with Crippen molar-refractivity contribution in [2.24, 2.45) is 0 Å². The number of benzene rings is 2. The number of carbonyl (C=O) groups excluding carboxylic acids is 2. The first kappa shape index (κ1) is 29.9. The summed E-state index contributed by atoms with van der Waals surface area (Å²) in [6.45, 7) is 2.23. The molecule has 0 radical (unpaired) electrons. The first-order valence-corrected chi connectivity index (χ1v) is 14.4. The van der Waals surface area contributed by atoms with E-state index in [0.29, 0.717) is 58.2 Å². The Labute approximate surface area is 264 Å². The smallest absolute Gasteiger partial charge is 0.298 e. The van der Waals surface area contributed by atoms with Gasteiger partial charge >= 0.3 is 0 Å². The monoisotopic (exact) mass is 615 g/mol. The van der Waals surface area contributed by atoms with Crippen molar-refractivity contribution in [2.45, 2.75) is 19.9 Å². The van der Waals surface area contributed by atoms with Crippen molar-refractivity contribution in [1.82, 2.24) is 19.4 Å². The number of hydrogen-bond donors (Lipinski definition) is 1. The van der Waals surface area contributed by atoms with Crippen molar-refractivity contribution in [3.63, 3.8) is 0 Å². The van der Waals surface area contributed by atoms with Crippen molar-refractivity contribution in [2.75, 3.05) is 26.1 Å². The van der Waals surface area contributed by atoms with Crippen molar-refractivity contribution < 1.29 is 23.8 Å². The van der Waals surface area contributed by atoms with Gasteiger partial charge in [-0.05, 0) is 67.3 Å². The van der Waals surface area contributed by atoms with E-state index in [4.69, 9.17) is 14.2 Å². The molecule has 0 fully saturated rings. The Hall–Kier alpha value is -6.15. The number of aromatic nitrogens is 3. The van der Waals surface area contributed by atoms with Gasteiger partial charge in [0.2, 0.25) is 0 Å². The standard InChI is InChI=1S/C35H29N5O6/c1-4-8-33(41)39-16-14-22-17-26(35(43)40(28(22)21-39)23-9-6-5-7-10-23)34(42)38-32-12-11-24(20-37-32)46-29-13-15-36-27-19-31(45-3)30(44-2)18-25(27)29/h5-7,9-13,15,17-20H,14,16,21H2,1-3H3,(H,37,38,42). The molecule has 1 aliphatic rings. The van der Waals surface area contributed by atoms with E-state index >= 15 is 0 Å². The molecule has 1 N–H and O–H groups in total. The van der Waals surface area contributed by atoms with Crippen LogP contribution in [0.15, 0.2) is 83.9 Å². The largest absolute Gasteiger partial charge is 0.493 e. The summed E-state index contributed by atoms with van der Waals surface area (Å²) < 4.78 is 18.4. The summed E-state index contributed by atoms with van der Waals surface area (Å²) >= 11 is 0. The number of hydrogen-bond acceptors (Lipinski definition) is 8. The van der Waals surface area contributed by atoms with Gasteiger partial charge in [-0.2, -0.15) is 0 Å². The van der Waals surface area contributed by atoms with Gasteiger partial charge in [0.05, 0.1) is 32.5 Å². The van der Waals surface area contributed by atoms with E-state index in [-0.39, 0.29) is 23.8 Å². The highest BCUT2D eigenvalue weighted by molar-refractivity contribution is 6.03. The molecule has 11 nitrogen and oxygen atoms in total. The molecule has 5 aromatic rings. The van der Waals surface area contributed by atoms with Gasteiger partial charge < -0.3 is 24.4 Å². The van der Waals surface area contributed by atoms with Gasteiger partial charge in [-0.3, -0.25) is 23.9 Å². The highest BCUT2D eigenvalue weighted by atomic mass is 16.5. The Kier molecular flexibility index (Phi) is 8.34. The van der Waals surface area contributed by atoms with Crippen LogP contribution in [0.2, 0.25) is 0 Å². The van der Waals surface area contributed by atoms with E-state index in [0.717, 1.165) is 5.56 Å². The normalized spacial score (nSPS) is 12.0. The Morgan fingerprint density at radius 2 is 1.72 bits per heavy atom. The van der Waals surface area contributed by atoms with Gasteiger partial charge in [-0.25, -0.2) is 4.98 Å². The fourth-order valence-electron chi connectivity index (χ4n) is 5.34. The highest BCUT2D eigenvalue weighted by Crippen LogP contribution is 2.36. The first-order chi connectivity index (χ1) is 22.4. The van der Waals surface area contributed by atoms with Gasteiger partial charge in [0, 0.05) is 35.6 Å². The third-order valence-electron chi connectivity index (χ3n) is 7.58. The molecule has 2 amide bonds. The minimum absolute atomic E-state index is 0.0366. The lowest BCUT2D eigenvalue weighted by atomic mass is 10.0. The number of rotatable bonds is 7. The van der Waals surface area contributed by atoms with E-state index in [1.54, 1.807) is 80.8 Å². The van der Waals surface area contributed by atoms with Gasteiger partial charge in [0.15, 0.2) is 11.5 Å². The second kappa shape index (κ2) is 12.8. The van der Waals surface area contributed by atoms with E-state index in [9.17, 15) is 14.4 Å². The number of nitrogens with one attached hydrogen (secondary N) is 1. The Bertz CT molecular complexity index is 2080. The summed E-state index contributed by atoms with van der Waals surface area (Å²) in [7, 11) is 3.11. The maximum absolute atomic E-state index is 13.8. The molecule has 46 heavy (non-hydrogen) atoms. The van der Waals surface area contributed by atoms with Crippen LogP contribution in [-0.4, -0.2) is 52.0 Å². The Morgan fingerprint density at radius 3 is 2.43 bits per heavy atom. The maximum Gasteiger partial charge on any atom is 0.298 e. The number of pyridine rings is 3. The molecule has 1 aliphatic heterocycles. The number of nitrogens with zero attached hydrogens (tertiary/aromatic N) is 4. The molecule has 0 saturated carbocycles. The van der Waals surface area contributed by atoms with E-state index < -0.39 is 11.5 Å². The van der Waals surface area contributed by atoms with Gasteiger partial charge in [0.1, 0.15) is 22.9 Å². The van der Waals surface area contributed by atoms with Gasteiger partial charge in [-0.15, -0.1) is 0 Å². The number of fused-ring (bicyclic) bond motifs is 2. The number of carbonyl (C=O) groups is 2. The molecule has 2 aromatic carbocycles. The van der Waals surface area contributed by atoms with Gasteiger partial charge in [-0.1, -0.05) is 24.1 Å². The van der Waals surface area contributed by atoms with Crippen LogP contribution in [0.3, 0.4) is 0 Å². The summed E-state index contributed by atoms with van der Waals surface area (Å²) in [5.41, 5.74) is 2.16. The van der Waals surface area contributed by atoms with Crippen LogP contribution >= 0.6 is 0 Å². The summed E-state index contributed by atoms with van der Waals surface area (Å²) in [6, 6.07) is 19.2. The zero-order valence-electron chi connectivity index (χ0n) is 25.4. The van der Waals surface area contributed by atoms with Crippen molar-refractivity contribution in [3.8, 4) is 40.5 Å². The number of anilines is 1. The first-order valence-electron chi connectivity index (χ1n) is 14.4. The number of ether oxygens (including phenoxy) is 3. The Morgan fingerprint density at radius 1 is 0.935 bits per heavy atom. The lowest BCUT2D eigenvalue weighted by Crippen LogP contribution is -2.40. The molecule has 0 aliphatic carbocycles. The van der Waals surface area contributed by atoms with Crippen LogP contribution in [-0.2, 0) is 17.8 Å². The molecule has 3 aromatic heterocycles. The number of methoxy groups -OCH3 is 2. The highest BCUT2D eigenvalue weighted by Gasteiger charge is 2.27. The van der Waals surface area contributed by atoms with Crippen LogP contribution in [0.5, 0.6) is 23.0 Å². The van der Waals surface area contributed by atoms with Crippen molar-refractivity contribution in [3.05, 3.63) is 106 Å². The molecule has 0 bridgehead atoms. The van der Waals surface area contributed by atoms with Crippen LogP contribution in [0, 0.1) is 11.8 Å². The fourth-order valence-corrected chi connectivity index (χ4v) is 5.34. The van der Waals surface area contributed by atoms with Crippen LogP contribution in [0.25, 0.3) is 16.6 Å². The van der Waals surface area contributed by atoms with Crippen molar-refractivity contribution >= 4 is 28.5 Å². The quantitative estimate of drug-likeness (QED) is 0.260. The summed E-state index contributed by atoms with van der Waals surface area (Å²) in [4.78, 5) is 50.2. The van der Waals surface area contributed by atoms with Crippen LogP contribution in [0.4, 0.5) is 5.82 Å². The summed E-state index contributed by atoms with van der Waals surface area (Å²) in [5, 5.41) is 3.45. The second-order valence-corrected chi connectivity index (χ2v) is 10.3. The summed E-state index contributed by atoms with van der Waals surface area (Å²) in [6.07, 6.45) is 3.57. The minimum atomic E-state index is -0.602. The Balaban J connectivity index is 1.26. The molecule has 0 saturated heterocycles. The fraction of sp³-hybridized carbons (Fsp3) is 0.171. The molecule has 0 atom stereocenters. The zero-order valence-corrected chi connectivity index (χ0v) is 25.4. The lowest BCUT2D eigenvalue weighted by molar-refractivity contribution is -0.126. The SMILES string of the molecule is CC#CC(=O)N1CCc2cc(C(=O)Nc3ccc(Oc4ccnc5cc(OC)c(OC)cc45)cn3)c(=O)n(-c3ccccc3)c2C1. The predicted octanol–water partition coefficient (Wildman–Crippen LogP) is 4.75. The van der Waals surface area contributed by atoms with Crippen molar-refractivity contribution in [1.29, 1.82) is 0 Å². The maximum atomic E-state index is 13.8. The molecule has 6 rings (SSSR count). The predicted molar refractivity (Wildman–Crippen MR) is 172 cm³/mol. The molecule has 0 spiro atoms. The molecular formula is C35H29N5O6. The zero-order chi connectivity index (χ0) is 32.2. The van der Waals surface area contributed by atoms with Gasteiger partial charge in [0.25, 0.3) is 17.4 Å². The molecule has 230 valence electrons.